The lowest BCUT2D eigenvalue weighted by Crippen LogP contribution is -2.52. The van der Waals surface area contributed by atoms with E-state index in [1.165, 1.54) is 0 Å². The Morgan fingerprint density at radius 1 is 1.55 bits per heavy atom. The van der Waals surface area contributed by atoms with Crippen LogP contribution in [-0.2, 0) is 9.47 Å². The molecule has 1 saturated heterocycles. The minimum atomic E-state index is -0.448. The molecule has 0 amide bonds. The lowest BCUT2D eigenvalue weighted by Gasteiger charge is -2.39. The Morgan fingerprint density at radius 2 is 2.18 bits per heavy atom. The maximum Gasteiger partial charge on any atom is 0.163 e. The fraction of sp³-hybridized carbons (Fsp3) is 1.00. The van der Waals surface area contributed by atoms with Crippen molar-refractivity contribution in [2.45, 2.75) is 45.1 Å². The summed E-state index contributed by atoms with van der Waals surface area (Å²) in [7, 11) is 0. The van der Waals surface area contributed by atoms with E-state index >= 15 is 0 Å². The number of nitrogens with two attached hydrogens (primary N) is 1. The smallest absolute Gasteiger partial charge is 0.163 e. The van der Waals surface area contributed by atoms with Crippen LogP contribution in [-0.4, -0.2) is 24.5 Å². The van der Waals surface area contributed by atoms with Gasteiger partial charge in [-0.3, -0.25) is 0 Å². The molecule has 0 bridgehead atoms. The molecule has 2 N–H and O–H groups in total. The second-order valence-corrected chi connectivity index (χ2v) is 3.44. The van der Waals surface area contributed by atoms with Gasteiger partial charge >= 0.3 is 0 Å². The van der Waals surface area contributed by atoms with Crippen molar-refractivity contribution in [1.29, 1.82) is 0 Å². The summed E-state index contributed by atoms with van der Waals surface area (Å²) in [6.07, 6.45) is 1.10. The van der Waals surface area contributed by atoms with Crippen molar-refractivity contribution >= 4 is 0 Å². The Hall–Kier alpha value is -0.120. The molecule has 0 radical (unpaired) electrons. The predicted octanol–water partition coefficient (Wildman–Crippen LogP) is 0.875. The van der Waals surface area contributed by atoms with Crippen LogP contribution in [0.3, 0.4) is 0 Å². The average molecular weight is 159 g/mol. The molecule has 0 aromatic heterocycles. The van der Waals surface area contributed by atoms with Crippen molar-refractivity contribution in [3.8, 4) is 0 Å². The summed E-state index contributed by atoms with van der Waals surface area (Å²) in [5.74, 6) is -0.448. The molecule has 1 fully saturated rings. The first-order valence-electron chi connectivity index (χ1n) is 4.12. The third-order valence-electron chi connectivity index (χ3n) is 1.94. The molecule has 2 atom stereocenters. The lowest BCUT2D eigenvalue weighted by atomic mass is 10.1. The van der Waals surface area contributed by atoms with E-state index in [-0.39, 0.29) is 12.1 Å². The molecular formula is C8H17NO2. The zero-order chi connectivity index (χ0) is 8.48. The molecule has 1 rings (SSSR count). The van der Waals surface area contributed by atoms with Gasteiger partial charge in [-0.15, -0.1) is 0 Å². The van der Waals surface area contributed by atoms with E-state index in [1.807, 2.05) is 13.8 Å². The Bertz CT molecular complexity index is 136. The fourth-order valence-corrected chi connectivity index (χ4v) is 1.28. The SMILES string of the molecule is CCC1OC(C)(C)OCC1N. The van der Waals surface area contributed by atoms with E-state index in [9.17, 15) is 0 Å². The average Bonchev–Trinajstić information content (AvgIpc) is 1.94. The van der Waals surface area contributed by atoms with Crippen molar-refractivity contribution in [1.82, 2.24) is 0 Å². The van der Waals surface area contributed by atoms with Gasteiger partial charge in [-0.2, -0.15) is 0 Å². The number of rotatable bonds is 1. The van der Waals surface area contributed by atoms with Gasteiger partial charge in [0.1, 0.15) is 0 Å². The first kappa shape index (κ1) is 8.97. The van der Waals surface area contributed by atoms with Crippen molar-refractivity contribution in [3.63, 3.8) is 0 Å². The zero-order valence-corrected chi connectivity index (χ0v) is 7.46. The Kier molecular flexibility index (Phi) is 2.52. The lowest BCUT2D eigenvalue weighted by molar-refractivity contribution is -0.279. The standard InChI is InChI=1S/C8H17NO2/c1-4-7-6(9)5-10-8(2,3)11-7/h6-7H,4-5,9H2,1-3H3. The van der Waals surface area contributed by atoms with Gasteiger partial charge in [0.05, 0.1) is 18.8 Å². The van der Waals surface area contributed by atoms with Gasteiger partial charge in [-0.1, -0.05) is 6.92 Å². The van der Waals surface area contributed by atoms with Gasteiger partial charge in [0.15, 0.2) is 5.79 Å². The first-order valence-corrected chi connectivity index (χ1v) is 4.12. The van der Waals surface area contributed by atoms with E-state index < -0.39 is 5.79 Å². The molecule has 0 aromatic rings. The minimum Gasteiger partial charge on any atom is -0.349 e. The Morgan fingerprint density at radius 3 is 2.64 bits per heavy atom. The highest BCUT2D eigenvalue weighted by molar-refractivity contribution is 4.78. The summed E-state index contributed by atoms with van der Waals surface area (Å²) in [5, 5.41) is 0. The normalized spacial score (nSPS) is 37.1. The molecule has 0 saturated carbocycles. The van der Waals surface area contributed by atoms with Crippen LogP contribution in [0.25, 0.3) is 0 Å². The summed E-state index contributed by atoms with van der Waals surface area (Å²) in [6, 6.07) is 0.0352. The highest BCUT2D eigenvalue weighted by Crippen LogP contribution is 2.22. The van der Waals surface area contributed by atoms with Crippen molar-refractivity contribution in [3.05, 3.63) is 0 Å². The third kappa shape index (κ3) is 2.15. The van der Waals surface area contributed by atoms with E-state index in [2.05, 4.69) is 6.92 Å². The molecule has 3 nitrogen and oxygen atoms in total. The zero-order valence-electron chi connectivity index (χ0n) is 7.46. The van der Waals surface area contributed by atoms with E-state index in [0.717, 1.165) is 6.42 Å². The minimum absolute atomic E-state index is 0.0352. The van der Waals surface area contributed by atoms with Crippen LogP contribution in [0.15, 0.2) is 0 Å². The number of ether oxygens (including phenoxy) is 2. The third-order valence-corrected chi connectivity index (χ3v) is 1.94. The molecule has 0 aromatic carbocycles. The second kappa shape index (κ2) is 3.09. The predicted molar refractivity (Wildman–Crippen MR) is 43.2 cm³/mol. The van der Waals surface area contributed by atoms with Crippen LogP contribution in [0.5, 0.6) is 0 Å². The molecule has 66 valence electrons. The van der Waals surface area contributed by atoms with Gasteiger partial charge < -0.3 is 15.2 Å². The molecule has 0 aliphatic carbocycles. The largest absolute Gasteiger partial charge is 0.349 e. The fourth-order valence-electron chi connectivity index (χ4n) is 1.28. The van der Waals surface area contributed by atoms with Gasteiger partial charge in [-0.05, 0) is 20.3 Å². The Labute approximate surface area is 67.9 Å². The maximum absolute atomic E-state index is 5.76. The summed E-state index contributed by atoms with van der Waals surface area (Å²) in [5.41, 5.74) is 5.76. The second-order valence-electron chi connectivity index (χ2n) is 3.44. The van der Waals surface area contributed by atoms with Crippen LogP contribution >= 0.6 is 0 Å². The molecular weight excluding hydrogens is 142 g/mol. The molecule has 1 aliphatic heterocycles. The van der Waals surface area contributed by atoms with Gasteiger partial charge in [-0.25, -0.2) is 0 Å². The van der Waals surface area contributed by atoms with Crippen LogP contribution in [0.4, 0.5) is 0 Å². The molecule has 2 unspecified atom stereocenters. The topological polar surface area (TPSA) is 44.5 Å². The molecule has 1 aliphatic rings. The highest BCUT2D eigenvalue weighted by Gasteiger charge is 2.33. The number of hydrogen-bond acceptors (Lipinski definition) is 3. The highest BCUT2D eigenvalue weighted by atomic mass is 16.7. The van der Waals surface area contributed by atoms with Crippen molar-refractivity contribution in [2.24, 2.45) is 5.73 Å². The van der Waals surface area contributed by atoms with Crippen molar-refractivity contribution in [2.75, 3.05) is 6.61 Å². The summed E-state index contributed by atoms with van der Waals surface area (Å²) >= 11 is 0. The number of hydrogen-bond donors (Lipinski definition) is 1. The van der Waals surface area contributed by atoms with E-state index in [4.69, 9.17) is 15.2 Å². The van der Waals surface area contributed by atoms with Crippen LogP contribution in [0.2, 0.25) is 0 Å². The molecule has 0 spiro atoms. The first-order chi connectivity index (χ1) is 5.05. The quantitative estimate of drug-likeness (QED) is 0.617. The molecule has 1 heterocycles. The van der Waals surface area contributed by atoms with E-state index in [1.54, 1.807) is 0 Å². The maximum atomic E-state index is 5.76. The van der Waals surface area contributed by atoms with Gasteiger partial charge in [0, 0.05) is 0 Å². The van der Waals surface area contributed by atoms with Gasteiger partial charge in [0.2, 0.25) is 0 Å². The Balaban J connectivity index is 2.51. The summed E-state index contributed by atoms with van der Waals surface area (Å²) < 4.78 is 11.0. The summed E-state index contributed by atoms with van der Waals surface area (Å²) in [6.45, 7) is 6.51. The van der Waals surface area contributed by atoms with Crippen molar-refractivity contribution < 1.29 is 9.47 Å². The molecule has 3 heteroatoms. The monoisotopic (exact) mass is 159 g/mol. The van der Waals surface area contributed by atoms with Crippen LogP contribution in [0.1, 0.15) is 27.2 Å². The van der Waals surface area contributed by atoms with Crippen LogP contribution < -0.4 is 5.73 Å². The van der Waals surface area contributed by atoms with Gasteiger partial charge in [0.25, 0.3) is 0 Å². The van der Waals surface area contributed by atoms with Crippen LogP contribution in [0, 0.1) is 0 Å². The van der Waals surface area contributed by atoms with E-state index in [0.29, 0.717) is 6.61 Å². The molecule has 11 heavy (non-hydrogen) atoms. The summed E-state index contributed by atoms with van der Waals surface area (Å²) in [4.78, 5) is 0.